The molecule has 1 N–H and O–H groups in total. The van der Waals surface area contributed by atoms with Gasteiger partial charge in [0.2, 0.25) is 11.8 Å². The molecule has 1 unspecified atom stereocenters. The van der Waals surface area contributed by atoms with Gasteiger partial charge in [0.15, 0.2) is 0 Å². The highest BCUT2D eigenvalue weighted by atomic mass is 16.5. The van der Waals surface area contributed by atoms with Crippen molar-refractivity contribution in [3.05, 3.63) is 36.8 Å². The van der Waals surface area contributed by atoms with E-state index in [0.717, 1.165) is 33.2 Å². The van der Waals surface area contributed by atoms with Gasteiger partial charge in [-0.25, -0.2) is 9.97 Å². The summed E-state index contributed by atoms with van der Waals surface area (Å²) >= 11 is 0. The molecule has 1 fully saturated rings. The summed E-state index contributed by atoms with van der Waals surface area (Å²) in [5.41, 5.74) is 4.51. The van der Waals surface area contributed by atoms with Crippen LogP contribution in [0.3, 0.4) is 0 Å². The zero-order valence-corrected chi connectivity index (χ0v) is 16.6. The van der Waals surface area contributed by atoms with Crippen molar-refractivity contribution in [2.24, 2.45) is 20.0 Å². The number of nitrogens with one attached hydrogen (secondary N) is 1. The number of rotatable bonds is 4. The van der Waals surface area contributed by atoms with E-state index in [1.165, 1.54) is 0 Å². The molecule has 0 aliphatic carbocycles. The summed E-state index contributed by atoms with van der Waals surface area (Å²) < 4.78 is 10.0. The van der Waals surface area contributed by atoms with E-state index in [9.17, 15) is 4.79 Å². The van der Waals surface area contributed by atoms with Gasteiger partial charge >= 0.3 is 0 Å². The van der Waals surface area contributed by atoms with E-state index in [2.05, 4.69) is 21.5 Å². The lowest BCUT2D eigenvalue weighted by molar-refractivity contribution is -0.119. The number of nitrogens with zero attached hydrogens (tertiary/aromatic N) is 5. The summed E-state index contributed by atoms with van der Waals surface area (Å²) in [4.78, 5) is 20.9. The van der Waals surface area contributed by atoms with Crippen LogP contribution < -0.4 is 10.1 Å². The second-order valence-electron chi connectivity index (χ2n) is 7.67. The van der Waals surface area contributed by atoms with Crippen LogP contribution in [0.2, 0.25) is 0 Å². The zero-order chi connectivity index (χ0) is 20.1. The number of amides is 1. The van der Waals surface area contributed by atoms with E-state index in [0.29, 0.717) is 18.8 Å². The van der Waals surface area contributed by atoms with Gasteiger partial charge in [-0.15, -0.1) is 0 Å². The molecule has 1 aliphatic heterocycles. The van der Waals surface area contributed by atoms with Crippen molar-refractivity contribution >= 4 is 27.8 Å². The summed E-state index contributed by atoms with van der Waals surface area (Å²) in [6.07, 6.45) is 3.95. The van der Waals surface area contributed by atoms with E-state index in [1.54, 1.807) is 6.33 Å². The quantitative estimate of drug-likeness (QED) is 0.578. The predicted molar refractivity (Wildman–Crippen MR) is 109 cm³/mol. The van der Waals surface area contributed by atoms with Gasteiger partial charge in [-0.1, -0.05) is 6.07 Å². The summed E-state index contributed by atoms with van der Waals surface area (Å²) in [7, 11) is 3.85. The smallest absolute Gasteiger partial charge is 0.241 e. The number of carbonyl (C=O) groups excluding carboxylic acids is 1. The Kier molecular flexibility index (Phi) is 4.01. The number of aromatic nitrogens is 5. The van der Waals surface area contributed by atoms with Crippen LogP contribution in [0.15, 0.2) is 36.8 Å². The van der Waals surface area contributed by atoms with Crippen molar-refractivity contribution in [1.82, 2.24) is 29.6 Å². The number of imidazole rings is 1. The molecule has 0 radical (unpaired) electrons. The third kappa shape index (κ3) is 3.00. The standard InChI is InChI=1S/C21H22N6O2/c1-12(14-7-19(28)22-9-14)29-21-20-17(23-11-26(20)2)8-16(25-21)13-4-5-18-15(6-13)10-24-27(18)3/h4-6,8,10-12,14H,7,9H2,1-3H3,(H,22,28)/t12-,14?/m1/s1. The normalized spacial score (nSPS) is 17.8. The maximum atomic E-state index is 11.6. The molecule has 1 saturated heterocycles. The van der Waals surface area contributed by atoms with Crippen molar-refractivity contribution in [3.8, 4) is 17.1 Å². The number of carbonyl (C=O) groups is 1. The minimum absolute atomic E-state index is 0.0719. The average molecular weight is 390 g/mol. The first-order valence-electron chi connectivity index (χ1n) is 9.67. The lowest BCUT2D eigenvalue weighted by Crippen LogP contribution is -2.26. The third-order valence-electron chi connectivity index (χ3n) is 5.68. The van der Waals surface area contributed by atoms with Gasteiger partial charge in [0, 0.05) is 43.9 Å². The summed E-state index contributed by atoms with van der Waals surface area (Å²) in [6, 6.07) is 8.13. The molecule has 0 bridgehead atoms. The Labute approximate surface area is 167 Å². The lowest BCUT2D eigenvalue weighted by Gasteiger charge is -2.20. The molecule has 3 aromatic heterocycles. The van der Waals surface area contributed by atoms with Crippen molar-refractivity contribution < 1.29 is 9.53 Å². The number of benzene rings is 1. The van der Waals surface area contributed by atoms with E-state index in [-0.39, 0.29) is 17.9 Å². The van der Waals surface area contributed by atoms with Crippen molar-refractivity contribution in [1.29, 1.82) is 0 Å². The minimum Gasteiger partial charge on any atom is -0.473 e. The van der Waals surface area contributed by atoms with Crippen molar-refractivity contribution in [3.63, 3.8) is 0 Å². The SMILES string of the molecule is C[C@@H](Oc1nc(-c2ccc3c(cnn3C)c2)cc2ncn(C)c12)C1CNC(=O)C1. The van der Waals surface area contributed by atoms with Crippen LogP contribution in [-0.2, 0) is 18.9 Å². The van der Waals surface area contributed by atoms with Crippen LogP contribution in [0.25, 0.3) is 33.2 Å². The molecular formula is C21H22N6O2. The molecule has 8 heteroatoms. The molecule has 8 nitrogen and oxygen atoms in total. The minimum atomic E-state index is -0.143. The highest BCUT2D eigenvalue weighted by Gasteiger charge is 2.29. The van der Waals surface area contributed by atoms with Crippen molar-refractivity contribution in [2.75, 3.05) is 6.54 Å². The van der Waals surface area contributed by atoms with Crippen molar-refractivity contribution in [2.45, 2.75) is 19.4 Å². The Morgan fingerprint density at radius 1 is 1.28 bits per heavy atom. The zero-order valence-electron chi connectivity index (χ0n) is 16.6. The highest BCUT2D eigenvalue weighted by molar-refractivity contribution is 5.88. The molecule has 5 rings (SSSR count). The topological polar surface area (TPSA) is 86.9 Å². The van der Waals surface area contributed by atoms with E-state index >= 15 is 0 Å². The molecule has 1 amide bonds. The van der Waals surface area contributed by atoms with Gasteiger partial charge in [0.1, 0.15) is 11.6 Å². The molecule has 2 atom stereocenters. The fourth-order valence-corrected chi connectivity index (χ4v) is 3.92. The van der Waals surface area contributed by atoms with Gasteiger partial charge in [0.05, 0.1) is 29.3 Å². The first-order chi connectivity index (χ1) is 14.0. The number of ether oxygens (including phenoxy) is 1. The Morgan fingerprint density at radius 2 is 2.14 bits per heavy atom. The Balaban J connectivity index is 1.57. The van der Waals surface area contributed by atoms with E-state index < -0.39 is 0 Å². The molecule has 0 saturated carbocycles. The second kappa shape index (κ2) is 6.58. The van der Waals surface area contributed by atoms with E-state index in [1.807, 2.05) is 54.7 Å². The number of hydrogen-bond donors (Lipinski definition) is 1. The molecule has 29 heavy (non-hydrogen) atoms. The van der Waals surface area contributed by atoms with Gasteiger partial charge in [-0.3, -0.25) is 9.48 Å². The highest BCUT2D eigenvalue weighted by Crippen LogP contribution is 2.31. The van der Waals surface area contributed by atoms with E-state index in [4.69, 9.17) is 9.72 Å². The monoisotopic (exact) mass is 390 g/mol. The maximum Gasteiger partial charge on any atom is 0.241 e. The lowest BCUT2D eigenvalue weighted by atomic mass is 10.0. The van der Waals surface area contributed by atoms with Crippen LogP contribution in [0.1, 0.15) is 13.3 Å². The molecule has 1 aliphatic rings. The fourth-order valence-electron chi connectivity index (χ4n) is 3.92. The predicted octanol–water partition coefficient (Wildman–Crippen LogP) is 2.43. The Morgan fingerprint density at radius 3 is 2.93 bits per heavy atom. The van der Waals surface area contributed by atoms with Crippen LogP contribution in [-0.4, -0.2) is 42.9 Å². The summed E-state index contributed by atoms with van der Waals surface area (Å²) in [5.74, 6) is 0.737. The maximum absolute atomic E-state index is 11.6. The fraction of sp³-hybridized carbons (Fsp3) is 0.333. The summed E-state index contributed by atoms with van der Waals surface area (Å²) in [5, 5.41) is 8.24. The van der Waals surface area contributed by atoms with Gasteiger partial charge < -0.3 is 14.6 Å². The van der Waals surface area contributed by atoms with Gasteiger partial charge in [-0.2, -0.15) is 5.10 Å². The molecule has 4 aromatic rings. The van der Waals surface area contributed by atoms with Crippen LogP contribution in [0.5, 0.6) is 5.88 Å². The Hall–Kier alpha value is -3.42. The molecule has 1 aromatic carbocycles. The second-order valence-corrected chi connectivity index (χ2v) is 7.67. The number of fused-ring (bicyclic) bond motifs is 2. The van der Waals surface area contributed by atoms with Crippen LogP contribution >= 0.6 is 0 Å². The third-order valence-corrected chi connectivity index (χ3v) is 5.68. The first-order valence-corrected chi connectivity index (χ1v) is 9.67. The Bertz CT molecular complexity index is 1240. The largest absolute Gasteiger partial charge is 0.473 e. The molecule has 148 valence electrons. The average Bonchev–Trinajstić information content (AvgIpc) is 3.41. The molecule has 0 spiro atoms. The molecule has 4 heterocycles. The van der Waals surface area contributed by atoms with Gasteiger partial charge in [0.25, 0.3) is 0 Å². The number of aryl methyl sites for hydroxylation is 2. The van der Waals surface area contributed by atoms with Gasteiger partial charge in [-0.05, 0) is 25.1 Å². The number of pyridine rings is 1. The van der Waals surface area contributed by atoms with Crippen LogP contribution in [0.4, 0.5) is 0 Å². The van der Waals surface area contributed by atoms with Crippen LogP contribution in [0, 0.1) is 5.92 Å². The number of hydrogen-bond acceptors (Lipinski definition) is 5. The molecular weight excluding hydrogens is 368 g/mol. The summed E-state index contributed by atoms with van der Waals surface area (Å²) in [6.45, 7) is 2.62. The first kappa shape index (κ1) is 17.7.